The molecular formula is C21H18F3N5OS. The highest BCUT2D eigenvalue weighted by Gasteiger charge is 2.34. The summed E-state index contributed by atoms with van der Waals surface area (Å²) >= 11 is 1.13. The second-order valence-corrected chi connectivity index (χ2v) is 8.28. The normalized spacial score (nSPS) is 18.5. The van der Waals surface area contributed by atoms with Crippen LogP contribution in [0.25, 0.3) is 22.2 Å². The molecule has 4 rings (SSSR count). The van der Waals surface area contributed by atoms with E-state index in [0.717, 1.165) is 29.4 Å². The third-order valence-corrected chi connectivity index (χ3v) is 5.95. The number of pyridine rings is 2. The first-order valence-corrected chi connectivity index (χ1v) is 10.7. The van der Waals surface area contributed by atoms with Crippen molar-refractivity contribution in [1.29, 1.82) is 5.26 Å². The highest BCUT2D eigenvalue weighted by Crippen LogP contribution is 2.43. The average Bonchev–Trinajstić information content (AvgIpc) is 3.04. The number of nitrogens with zero attached hydrogens (tertiary/aromatic N) is 4. The third-order valence-electron chi connectivity index (χ3n) is 5.33. The van der Waals surface area contributed by atoms with Crippen LogP contribution in [0.5, 0.6) is 0 Å². The number of hydrogen-bond acceptors (Lipinski definition) is 5. The van der Waals surface area contributed by atoms with Gasteiger partial charge in [-0.15, -0.1) is 11.8 Å². The molecule has 0 aromatic carbocycles. The largest absolute Gasteiger partial charge is 0.416 e. The van der Waals surface area contributed by atoms with Gasteiger partial charge in [0, 0.05) is 30.1 Å². The maximum absolute atomic E-state index is 13.5. The Balaban J connectivity index is 1.90. The molecule has 1 aliphatic carbocycles. The fourth-order valence-electron chi connectivity index (χ4n) is 3.73. The number of fused-ring (bicyclic) bond motifs is 1. The Morgan fingerprint density at radius 3 is 2.68 bits per heavy atom. The van der Waals surface area contributed by atoms with Crippen molar-refractivity contribution in [2.75, 3.05) is 11.6 Å². The van der Waals surface area contributed by atoms with Crippen LogP contribution in [0.2, 0.25) is 0 Å². The van der Waals surface area contributed by atoms with Crippen LogP contribution >= 0.6 is 11.8 Å². The number of amides is 1. The van der Waals surface area contributed by atoms with Gasteiger partial charge in [-0.25, -0.2) is 9.97 Å². The minimum absolute atomic E-state index is 0.0349. The number of nitrogens with one attached hydrogen (secondary N) is 1. The predicted octanol–water partition coefficient (Wildman–Crippen LogP) is 5.27. The molecule has 0 bridgehead atoms. The number of halogens is 3. The summed E-state index contributed by atoms with van der Waals surface area (Å²) in [5.74, 6) is -0.0302. The molecule has 0 radical (unpaired) electrons. The number of nitriles is 1. The number of carbonyl (C=O) groups excluding carboxylic acids is 1. The van der Waals surface area contributed by atoms with Crippen molar-refractivity contribution >= 4 is 34.4 Å². The minimum Gasteiger partial charge on any atom is -0.342 e. The Labute approximate surface area is 180 Å². The van der Waals surface area contributed by atoms with E-state index in [0.29, 0.717) is 29.6 Å². The zero-order valence-corrected chi connectivity index (χ0v) is 17.5. The van der Waals surface area contributed by atoms with Crippen molar-refractivity contribution in [2.24, 2.45) is 5.92 Å². The Morgan fingerprint density at radius 2 is 2.06 bits per heavy atom. The molecule has 160 valence electrons. The van der Waals surface area contributed by atoms with Gasteiger partial charge in [0.15, 0.2) is 0 Å². The molecule has 3 aromatic heterocycles. The number of carbonyl (C=O) groups is 1. The number of thioether (sulfide) groups is 1. The van der Waals surface area contributed by atoms with Gasteiger partial charge < -0.3 is 9.88 Å². The lowest BCUT2D eigenvalue weighted by Crippen LogP contribution is -2.25. The lowest BCUT2D eigenvalue weighted by Gasteiger charge is -2.32. The van der Waals surface area contributed by atoms with Crippen molar-refractivity contribution in [1.82, 2.24) is 14.5 Å². The Hall–Kier alpha value is -3.06. The fourth-order valence-corrected chi connectivity index (χ4v) is 4.17. The molecule has 1 N–H and O–H groups in total. The van der Waals surface area contributed by atoms with E-state index in [9.17, 15) is 18.0 Å². The highest BCUT2D eigenvalue weighted by molar-refractivity contribution is 7.98. The van der Waals surface area contributed by atoms with Crippen molar-refractivity contribution in [3.8, 4) is 17.3 Å². The van der Waals surface area contributed by atoms with Crippen LogP contribution < -0.4 is 5.32 Å². The smallest absolute Gasteiger partial charge is 0.342 e. The first-order chi connectivity index (χ1) is 14.7. The predicted molar refractivity (Wildman–Crippen MR) is 111 cm³/mol. The number of hydrogen-bond donors (Lipinski definition) is 1. The van der Waals surface area contributed by atoms with E-state index < -0.39 is 11.7 Å². The summed E-state index contributed by atoms with van der Waals surface area (Å²) in [7, 11) is 0. The molecule has 1 fully saturated rings. The molecule has 1 aliphatic rings. The lowest BCUT2D eigenvalue weighted by atomic mass is 9.81. The third kappa shape index (κ3) is 4.10. The average molecular weight is 445 g/mol. The van der Waals surface area contributed by atoms with Gasteiger partial charge >= 0.3 is 6.18 Å². The highest BCUT2D eigenvalue weighted by atomic mass is 32.2. The second kappa shape index (κ2) is 7.89. The Morgan fingerprint density at radius 1 is 1.32 bits per heavy atom. The van der Waals surface area contributed by atoms with Crippen LogP contribution in [0.1, 0.15) is 31.4 Å². The maximum atomic E-state index is 13.5. The van der Waals surface area contributed by atoms with Crippen molar-refractivity contribution < 1.29 is 18.0 Å². The van der Waals surface area contributed by atoms with Gasteiger partial charge in [-0.3, -0.25) is 4.79 Å². The molecule has 31 heavy (non-hydrogen) atoms. The summed E-state index contributed by atoms with van der Waals surface area (Å²) in [5.41, 5.74) is 0.660. The van der Waals surface area contributed by atoms with Crippen LogP contribution in [0.15, 0.2) is 35.6 Å². The van der Waals surface area contributed by atoms with Gasteiger partial charge in [-0.05, 0) is 37.3 Å². The second-order valence-electron chi connectivity index (χ2n) is 7.45. The quantitative estimate of drug-likeness (QED) is 0.553. The van der Waals surface area contributed by atoms with Crippen LogP contribution in [0.3, 0.4) is 0 Å². The number of anilines is 1. The zero-order valence-electron chi connectivity index (χ0n) is 16.7. The fraction of sp³-hybridized carbons (Fsp3) is 0.333. The van der Waals surface area contributed by atoms with Crippen molar-refractivity contribution in [2.45, 2.75) is 37.0 Å². The monoisotopic (exact) mass is 445 g/mol. The van der Waals surface area contributed by atoms with Gasteiger partial charge in [0.05, 0.1) is 40.0 Å². The summed E-state index contributed by atoms with van der Waals surface area (Å²) in [6, 6.07) is 6.01. The first-order valence-electron chi connectivity index (χ1n) is 9.51. The van der Waals surface area contributed by atoms with Crippen LogP contribution in [-0.2, 0) is 11.0 Å². The number of alkyl halides is 3. The summed E-state index contributed by atoms with van der Waals surface area (Å²) in [6.45, 7) is 1.35. The number of aromatic nitrogens is 3. The van der Waals surface area contributed by atoms with Gasteiger partial charge in [-0.2, -0.15) is 18.4 Å². The molecular weight excluding hydrogens is 427 g/mol. The van der Waals surface area contributed by atoms with E-state index in [-0.39, 0.29) is 28.6 Å². The van der Waals surface area contributed by atoms with E-state index in [1.165, 1.54) is 6.92 Å². The van der Waals surface area contributed by atoms with E-state index in [1.54, 1.807) is 24.7 Å². The topological polar surface area (TPSA) is 83.6 Å². The summed E-state index contributed by atoms with van der Waals surface area (Å²) in [4.78, 5) is 20.1. The molecule has 1 amide bonds. The van der Waals surface area contributed by atoms with Gasteiger partial charge in [0.25, 0.3) is 0 Å². The zero-order chi connectivity index (χ0) is 22.3. The summed E-state index contributed by atoms with van der Waals surface area (Å²) in [5, 5.41) is 12.6. The summed E-state index contributed by atoms with van der Waals surface area (Å²) in [6.07, 6.45) is 1.86. The van der Waals surface area contributed by atoms with E-state index in [1.807, 2.05) is 4.57 Å². The molecule has 0 spiro atoms. The van der Waals surface area contributed by atoms with Crippen LogP contribution in [-0.4, -0.2) is 26.7 Å². The molecule has 3 heterocycles. The van der Waals surface area contributed by atoms with E-state index in [4.69, 9.17) is 5.26 Å². The number of rotatable bonds is 4. The van der Waals surface area contributed by atoms with Gasteiger partial charge in [0.2, 0.25) is 5.91 Å². The van der Waals surface area contributed by atoms with E-state index >= 15 is 0 Å². The minimum atomic E-state index is -4.50. The molecule has 6 nitrogen and oxygen atoms in total. The first kappa shape index (κ1) is 21.2. The SMILES string of the molecule is CSc1cc(C(F)(F)F)cc(-c2cn(C3CC(C#N)C3)c3cnc(NC(C)=O)cc23)n1. The standard InChI is InChI=1S/C21H18F3N5OS/c1-11(30)27-19-7-15-16(17-5-13(21(22,23)24)6-20(28-17)31-2)10-29(18(15)9-26-19)14-3-12(4-14)8-25/h5-7,9-10,12,14H,3-4H2,1-2H3,(H,26,27,30). The Bertz CT molecular complexity index is 1210. The van der Waals surface area contributed by atoms with Gasteiger partial charge in [0.1, 0.15) is 5.82 Å². The molecule has 3 aromatic rings. The van der Waals surface area contributed by atoms with E-state index in [2.05, 4.69) is 21.4 Å². The molecule has 1 saturated carbocycles. The van der Waals surface area contributed by atoms with Crippen molar-refractivity contribution in [3.63, 3.8) is 0 Å². The Kier molecular flexibility index (Phi) is 5.39. The molecule has 0 saturated heterocycles. The molecule has 0 unspecified atom stereocenters. The van der Waals surface area contributed by atoms with Crippen LogP contribution in [0, 0.1) is 17.2 Å². The molecule has 0 atom stereocenters. The van der Waals surface area contributed by atoms with Crippen LogP contribution in [0.4, 0.5) is 19.0 Å². The maximum Gasteiger partial charge on any atom is 0.416 e. The summed E-state index contributed by atoms with van der Waals surface area (Å²) < 4.78 is 42.4. The molecule has 10 heteroatoms. The van der Waals surface area contributed by atoms with Crippen molar-refractivity contribution in [3.05, 3.63) is 36.2 Å². The lowest BCUT2D eigenvalue weighted by molar-refractivity contribution is -0.137. The molecule has 0 aliphatic heterocycles. The van der Waals surface area contributed by atoms with Gasteiger partial charge in [-0.1, -0.05) is 0 Å².